The molecule has 26 heavy (non-hydrogen) atoms. The lowest BCUT2D eigenvalue weighted by Crippen LogP contribution is -2.44. The lowest BCUT2D eigenvalue weighted by Gasteiger charge is -2.31. The van der Waals surface area contributed by atoms with E-state index in [9.17, 15) is 13.6 Å². The highest BCUT2D eigenvalue weighted by Crippen LogP contribution is 2.55. The third-order valence-electron chi connectivity index (χ3n) is 7.40. The van der Waals surface area contributed by atoms with Crippen LogP contribution in [0.15, 0.2) is 0 Å². The number of carbonyl (C=O) groups is 1. The SMILES string of the molecule is CC1C2CC[C@H](OC[C@H]3[C@@H](C)C[C@@H](C)N3C(=O)OCC3CC3(F)F)CC12. The van der Waals surface area contributed by atoms with Gasteiger partial charge in [0.25, 0.3) is 5.92 Å². The van der Waals surface area contributed by atoms with Gasteiger partial charge < -0.3 is 9.47 Å². The number of rotatable bonds is 5. The summed E-state index contributed by atoms with van der Waals surface area (Å²) in [6.07, 6.45) is 4.09. The molecular formula is C20H31F2NO3. The second kappa shape index (κ2) is 6.61. The third kappa shape index (κ3) is 3.46. The highest BCUT2D eigenvalue weighted by atomic mass is 19.3. The Balaban J connectivity index is 1.29. The number of nitrogens with zero attached hydrogens (tertiary/aromatic N) is 1. The van der Waals surface area contributed by atoms with E-state index < -0.39 is 17.9 Å². The van der Waals surface area contributed by atoms with Gasteiger partial charge in [-0.3, -0.25) is 4.90 Å². The Morgan fingerprint density at radius 3 is 2.50 bits per heavy atom. The van der Waals surface area contributed by atoms with Crippen molar-refractivity contribution in [3.05, 3.63) is 0 Å². The molecule has 1 amide bonds. The van der Waals surface area contributed by atoms with Gasteiger partial charge in [0.15, 0.2) is 0 Å². The van der Waals surface area contributed by atoms with Crippen LogP contribution >= 0.6 is 0 Å². The van der Waals surface area contributed by atoms with Gasteiger partial charge in [-0.1, -0.05) is 13.8 Å². The number of carbonyl (C=O) groups excluding carboxylic acids is 1. The number of ether oxygens (including phenoxy) is 2. The molecule has 0 radical (unpaired) electrons. The minimum atomic E-state index is -2.65. The Kier molecular flexibility index (Phi) is 4.69. The zero-order valence-corrected chi connectivity index (χ0v) is 16.0. The van der Waals surface area contributed by atoms with Crippen molar-refractivity contribution < 1.29 is 23.0 Å². The number of alkyl halides is 2. The molecule has 4 unspecified atom stereocenters. The molecule has 3 saturated carbocycles. The van der Waals surface area contributed by atoms with E-state index in [4.69, 9.17) is 9.47 Å². The number of amides is 1. The fourth-order valence-electron chi connectivity index (χ4n) is 5.36. The molecule has 0 N–H and O–H groups in total. The van der Waals surface area contributed by atoms with Crippen LogP contribution in [0.25, 0.3) is 0 Å². The zero-order valence-electron chi connectivity index (χ0n) is 16.0. The summed E-state index contributed by atoms with van der Waals surface area (Å²) in [6.45, 7) is 6.81. The second-order valence-electron chi connectivity index (χ2n) is 9.23. The van der Waals surface area contributed by atoms with E-state index >= 15 is 0 Å². The number of likely N-dealkylation sites (tertiary alicyclic amines) is 1. The van der Waals surface area contributed by atoms with E-state index in [1.807, 2.05) is 6.92 Å². The molecule has 6 heteroatoms. The fourth-order valence-corrected chi connectivity index (χ4v) is 5.36. The molecule has 0 spiro atoms. The van der Waals surface area contributed by atoms with Gasteiger partial charge in [0.05, 0.1) is 24.7 Å². The maximum atomic E-state index is 13.0. The predicted octanol–water partition coefficient (Wildman–Crippen LogP) is 4.33. The minimum absolute atomic E-state index is 0.0217. The Labute approximate surface area is 154 Å². The highest BCUT2D eigenvalue weighted by molar-refractivity contribution is 5.69. The van der Waals surface area contributed by atoms with Crippen molar-refractivity contribution in [3.63, 3.8) is 0 Å². The quantitative estimate of drug-likeness (QED) is 0.722. The summed E-state index contributed by atoms with van der Waals surface area (Å²) in [7, 11) is 0. The van der Waals surface area contributed by atoms with Crippen molar-refractivity contribution in [2.75, 3.05) is 13.2 Å². The maximum Gasteiger partial charge on any atom is 0.410 e. The summed E-state index contributed by atoms with van der Waals surface area (Å²) in [5.74, 6) is -0.530. The van der Waals surface area contributed by atoms with Crippen LogP contribution in [0.3, 0.4) is 0 Å². The average Bonchev–Trinajstić information content (AvgIpc) is 3.38. The first-order valence-corrected chi connectivity index (χ1v) is 10.2. The molecule has 8 atom stereocenters. The molecule has 0 aromatic carbocycles. The highest BCUT2D eigenvalue weighted by Gasteiger charge is 2.57. The lowest BCUT2D eigenvalue weighted by molar-refractivity contribution is -0.0146. The van der Waals surface area contributed by atoms with Gasteiger partial charge in [-0.2, -0.15) is 0 Å². The first-order chi connectivity index (χ1) is 12.3. The summed E-state index contributed by atoms with van der Waals surface area (Å²) in [5.41, 5.74) is 0. The molecule has 148 valence electrons. The average molecular weight is 371 g/mol. The molecule has 1 aliphatic heterocycles. The first kappa shape index (κ1) is 18.5. The second-order valence-corrected chi connectivity index (χ2v) is 9.23. The Hall–Kier alpha value is -0.910. The standard InChI is InChI=1S/C20H31F2NO3/c1-11-6-12(2)23(19(24)26-9-14-8-20(14,21)22)18(11)10-25-15-4-5-16-13(3)17(16)7-15/h11-18H,4-10H2,1-3H3/t11-,12+,13?,14?,15-,16?,17?,18-/m0/s1. The zero-order chi connectivity index (χ0) is 18.6. The van der Waals surface area contributed by atoms with Crippen molar-refractivity contribution in [2.24, 2.45) is 29.6 Å². The van der Waals surface area contributed by atoms with Gasteiger partial charge in [0.1, 0.15) is 6.61 Å². The van der Waals surface area contributed by atoms with Crippen LogP contribution in [0.2, 0.25) is 0 Å². The van der Waals surface area contributed by atoms with Crippen molar-refractivity contribution >= 4 is 6.09 Å². The van der Waals surface area contributed by atoms with Crippen LogP contribution in [0.1, 0.15) is 52.9 Å². The molecule has 0 aromatic rings. The van der Waals surface area contributed by atoms with Crippen molar-refractivity contribution in [3.8, 4) is 0 Å². The Morgan fingerprint density at radius 1 is 1.12 bits per heavy atom. The van der Waals surface area contributed by atoms with Crippen molar-refractivity contribution in [1.82, 2.24) is 4.90 Å². The van der Waals surface area contributed by atoms with E-state index in [-0.39, 0.29) is 25.1 Å². The normalized spacial score (nSPS) is 46.0. The summed E-state index contributed by atoms with van der Waals surface area (Å²) in [6, 6.07) is 0.0385. The predicted molar refractivity (Wildman–Crippen MR) is 93.0 cm³/mol. The summed E-state index contributed by atoms with van der Waals surface area (Å²) in [4.78, 5) is 14.2. The number of fused-ring (bicyclic) bond motifs is 1. The number of hydrogen-bond acceptors (Lipinski definition) is 3. The van der Waals surface area contributed by atoms with Gasteiger partial charge in [-0.05, 0) is 56.3 Å². The van der Waals surface area contributed by atoms with Crippen LogP contribution in [-0.4, -0.2) is 48.3 Å². The number of hydrogen-bond donors (Lipinski definition) is 0. The van der Waals surface area contributed by atoms with E-state index in [0.717, 1.165) is 37.0 Å². The third-order valence-corrected chi connectivity index (χ3v) is 7.40. The fraction of sp³-hybridized carbons (Fsp3) is 0.950. The molecule has 4 fully saturated rings. The molecule has 1 heterocycles. The topological polar surface area (TPSA) is 38.8 Å². The van der Waals surface area contributed by atoms with E-state index in [2.05, 4.69) is 13.8 Å². The van der Waals surface area contributed by atoms with Gasteiger partial charge in [-0.25, -0.2) is 13.6 Å². The van der Waals surface area contributed by atoms with Gasteiger partial charge in [0, 0.05) is 12.5 Å². The lowest BCUT2D eigenvalue weighted by atomic mass is 9.97. The number of halogens is 2. The van der Waals surface area contributed by atoms with Crippen LogP contribution in [0.5, 0.6) is 0 Å². The van der Waals surface area contributed by atoms with Gasteiger partial charge in [0.2, 0.25) is 0 Å². The first-order valence-electron chi connectivity index (χ1n) is 10.2. The van der Waals surface area contributed by atoms with E-state index in [0.29, 0.717) is 18.6 Å². The molecular weight excluding hydrogens is 340 g/mol. The van der Waals surface area contributed by atoms with Gasteiger partial charge >= 0.3 is 6.09 Å². The monoisotopic (exact) mass is 371 g/mol. The van der Waals surface area contributed by atoms with Crippen molar-refractivity contribution in [2.45, 2.75) is 77.0 Å². The molecule has 4 nitrogen and oxygen atoms in total. The summed E-state index contributed by atoms with van der Waals surface area (Å²) >= 11 is 0. The molecule has 4 aliphatic rings. The van der Waals surface area contributed by atoms with Crippen molar-refractivity contribution in [1.29, 1.82) is 0 Å². The van der Waals surface area contributed by atoms with Crippen LogP contribution in [0, 0.1) is 29.6 Å². The van der Waals surface area contributed by atoms with E-state index in [1.165, 1.54) is 6.42 Å². The summed E-state index contributed by atoms with van der Waals surface area (Å²) < 4.78 is 37.4. The molecule has 0 aromatic heterocycles. The van der Waals surface area contributed by atoms with Crippen LogP contribution in [-0.2, 0) is 9.47 Å². The molecule has 3 aliphatic carbocycles. The van der Waals surface area contributed by atoms with E-state index in [1.54, 1.807) is 4.90 Å². The minimum Gasteiger partial charge on any atom is -0.449 e. The molecule has 1 saturated heterocycles. The molecule has 4 rings (SSSR count). The van der Waals surface area contributed by atoms with Crippen LogP contribution in [0.4, 0.5) is 13.6 Å². The summed E-state index contributed by atoms with van der Waals surface area (Å²) in [5, 5.41) is 0. The van der Waals surface area contributed by atoms with Crippen LogP contribution < -0.4 is 0 Å². The Bertz CT molecular complexity index is 557. The Morgan fingerprint density at radius 2 is 1.85 bits per heavy atom. The molecule has 0 bridgehead atoms. The largest absolute Gasteiger partial charge is 0.449 e. The maximum absolute atomic E-state index is 13.0. The van der Waals surface area contributed by atoms with Gasteiger partial charge in [-0.15, -0.1) is 0 Å². The smallest absolute Gasteiger partial charge is 0.410 e.